The highest BCUT2D eigenvalue weighted by atomic mass is 32.1. The topological polar surface area (TPSA) is 39.2 Å². The second kappa shape index (κ2) is 4.40. The molecule has 2 rings (SSSR count). The molecule has 0 spiro atoms. The standard InChI is InChI=1S/C11H8FNO2S/c1-15-9-3-2-7(6-8(9)12)10(14)11-13-4-5-16-11/h2-6H,1H3. The smallest absolute Gasteiger partial charge is 0.221 e. The van der Waals surface area contributed by atoms with Gasteiger partial charge in [0.05, 0.1) is 7.11 Å². The number of aromatic nitrogens is 1. The van der Waals surface area contributed by atoms with Gasteiger partial charge in [0.2, 0.25) is 5.78 Å². The van der Waals surface area contributed by atoms with Gasteiger partial charge in [-0.15, -0.1) is 11.3 Å². The minimum atomic E-state index is -0.551. The number of ether oxygens (including phenoxy) is 1. The van der Waals surface area contributed by atoms with Gasteiger partial charge < -0.3 is 4.74 Å². The van der Waals surface area contributed by atoms with Crippen LogP contribution in [0.15, 0.2) is 29.8 Å². The Morgan fingerprint density at radius 2 is 2.31 bits per heavy atom. The van der Waals surface area contributed by atoms with Gasteiger partial charge in [-0.25, -0.2) is 9.37 Å². The largest absolute Gasteiger partial charge is 0.494 e. The van der Waals surface area contributed by atoms with E-state index in [0.29, 0.717) is 5.01 Å². The van der Waals surface area contributed by atoms with Crippen LogP contribution in [0, 0.1) is 5.82 Å². The van der Waals surface area contributed by atoms with E-state index in [0.717, 1.165) is 6.07 Å². The maximum Gasteiger partial charge on any atom is 0.221 e. The molecular formula is C11H8FNO2S. The first kappa shape index (κ1) is 10.8. The normalized spacial score (nSPS) is 10.1. The predicted octanol–water partition coefficient (Wildman–Crippen LogP) is 2.52. The number of benzene rings is 1. The van der Waals surface area contributed by atoms with Crippen molar-refractivity contribution >= 4 is 17.1 Å². The van der Waals surface area contributed by atoms with Crippen LogP contribution < -0.4 is 4.74 Å². The van der Waals surface area contributed by atoms with E-state index in [1.807, 2.05) is 0 Å². The van der Waals surface area contributed by atoms with Gasteiger partial charge in [-0.05, 0) is 18.2 Å². The Bertz CT molecular complexity index is 511. The van der Waals surface area contributed by atoms with Crippen molar-refractivity contribution in [2.45, 2.75) is 0 Å². The Morgan fingerprint density at radius 1 is 1.50 bits per heavy atom. The van der Waals surface area contributed by atoms with E-state index in [-0.39, 0.29) is 17.1 Å². The zero-order valence-electron chi connectivity index (χ0n) is 8.44. The van der Waals surface area contributed by atoms with E-state index in [4.69, 9.17) is 4.74 Å². The third kappa shape index (κ3) is 1.94. The second-order valence-electron chi connectivity index (χ2n) is 3.02. The minimum Gasteiger partial charge on any atom is -0.494 e. The van der Waals surface area contributed by atoms with E-state index in [2.05, 4.69) is 4.98 Å². The van der Waals surface area contributed by atoms with Crippen LogP contribution in [0.2, 0.25) is 0 Å². The van der Waals surface area contributed by atoms with Gasteiger partial charge in [0, 0.05) is 17.1 Å². The highest BCUT2D eigenvalue weighted by Gasteiger charge is 2.13. The summed E-state index contributed by atoms with van der Waals surface area (Å²) in [5.74, 6) is -0.711. The molecule has 0 aliphatic carbocycles. The third-order valence-electron chi connectivity index (χ3n) is 2.04. The lowest BCUT2D eigenvalue weighted by atomic mass is 10.1. The Kier molecular flexibility index (Phi) is 2.96. The molecule has 16 heavy (non-hydrogen) atoms. The van der Waals surface area contributed by atoms with Crippen LogP contribution in [0.3, 0.4) is 0 Å². The molecule has 5 heteroatoms. The van der Waals surface area contributed by atoms with Gasteiger partial charge in [0.1, 0.15) is 0 Å². The molecule has 0 saturated heterocycles. The maximum atomic E-state index is 13.4. The third-order valence-corrected chi connectivity index (χ3v) is 2.81. The lowest BCUT2D eigenvalue weighted by molar-refractivity contribution is 0.103. The lowest BCUT2D eigenvalue weighted by Crippen LogP contribution is -2.01. The van der Waals surface area contributed by atoms with Crippen molar-refractivity contribution < 1.29 is 13.9 Å². The maximum absolute atomic E-state index is 13.4. The molecule has 0 atom stereocenters. The molecule has 1 aromatic carbocycles. The van der Waals surface area contributed by atoms with Gasteiger partial charge in [-0.3, -0.25) is 4.79 Å². The summed E-state index contributed by atoms with van der Waals surface area (Å²) in [6, 6.07) is 4.10. The highest BCUT2D eigenvalue weighted by molar-refractivity contribution is 7.11. The molecular weight excluding hydrogens is 229 g/mol. The van der Waals surface area contributed by atoms with Crippen molar-refractivity contribution in [3.05, 3.63) is 46.2 Å². The summed E-state index contributed by atoms with van der Waals surface area (Å²) in [4.78, 5) is 15.7. The Hall–Kier alpha value is -1.75. The molecule has 2 aromatic rings. The van der Waals surface area contributed by atoms with Crippen LogP contribution in [0.25, 0.3) is 0 Å². The number of thiazole rings is 1. The number of carbonyl (C=O) groups excluding carboxylic acids is 1. The predicted molar refractivity (Wildman–Crippen MR) is 58.5 cm³/mol. The number of halogens is 1. The number of nitrogens with zero attached hydrogens (tertiary/aromatic N) is 1. The molecule has 0 fully saturated rings. The summed E-state index contributed by atoms with van der Waals surface area (Å²) in [7, 11) is 1.38. The summed E-state index contributed by atoms with van der Waals surface area (Å²) in [6.07, 6.45) is 1.54. The summed E-state index contributed by atoms with van der Waals surface area (Å²) < 4.78 is 18.1. The Morgan fingerprint density at radius 3 is 2.88 bits per heavy atom. The van der Waals surface area contributed by atoms with Crippen LogP contribution in [-0.4, -0.2) is 17.9 Å². The van der Waals surface area contributed by atoms with Crippen LogP contribution in [0.4, 0.5) is 4.39 Å². The van der Waals surface area contributed by atoms with Gasteiger partial charge in [0.25, 0.3) is 0 Å². The van der Waals surface area contributed by atoms with E-state index < -0.39 is 5.82 Å². The van der Waals surface area contributed by atoms with E-state index in [1.54, 1.807) is 5.38 Å². The summed E-state index contributed by atoms with van der Waals surface area (Å²) in [5.41, 5.74) is 0.272. The average molecular weight is 237 g/mol. The lowest BCUT2D eigenvalue weighted by Gasteiger charge is -2.02. The number of ketones is 1. The van der Waals surface area contributed by atoms with Crippen LogP contribution in [0.5, 0.6) is 5.75 Å². The summed E-state index contributed by atoms with van der Waals surface area (Å²) in [6.45, 7) is 0. The first-order chi connectivity index (χ1) is 7.72. The van der Waals surface area contributed by atoms with Gasteiger partial charge in [-0.2, -0.15) is 0 Å². The number of carbonyl (C=O) groups is 1. The fraction of sp³-hybridized carbons (Fsp3) is 0.0909. The molecule has 0 unspecified atom stereocenters. The van der Waals surface area contributed by atoms with Crippen molar-refractivity contribution in [1.82, 2.24) is 4.98 Å². The van der Waals surface area contributed by atoms with Crippen LogP contribution >= 0.6 is 11.3 Å². The van der Waals surface area contributed by atoms with Crippen LogP contribution in [0.1, 0.15) is 15.4 Å². The highest BCUT2D eigenvalue weighted by Crippen LogP contribution is 2.20. The zero-order chi connectivity index (χ0) is 11.5. The minimum absolute atomic E-state index is 0.121. The molecule has 0 aliphatic heterocycles. The monoisotopic (exact) mass is 237 g/mol. The molecule has 0 amide bonds. The van der Waals surface area contributed by atoms with Gasteiger partial charge in [-0.1, -0.05) is 0 Å². The van der Waals surface area contributed by atoms with E-state index in [9.17, 15) is 9.18 Å². The molecule has 0 bridgehead atoms. The molecule has 0 radical (unpaired) electrons. The number of rotatable bonds is 3. The quantitative estimate of drug-likeness (QED) is 0.770. The SMILES string of the molecule is COc1ccc(C(=O)c2nccs2)cc1F. The summed E-state index contributed by atoms with van der Waals surface area (Å²) in [5, 5.41) is 2.05. The molecule has 1 heterocycles. The number of methoxy groups -OCH3 is 1. The second-order valence-corrected chi connectivity index (χ2v) is 3.91. The zero-order valence-corrected chi connectivity index (χ0v) is 9.25. The van der Waals surface area contributed by atoms with Gasteiger partial charge in [0.15, 0.2) is 16.6 Å². The van der Waals surface area contributed by atoms with Crippen molar-refractivity contribution in [3.8, 4) is 5.75 Å². The number of hydrogen-bond acceptors (Lipinski definition) is 4. The fourth-order valence-corrected chi connectivity index (χ4v) is 1.86. The van der Waals surface area contributed by atoms with Crippen LogP contribution in [-0.2, 0) is 0 Å². The average Bonchev–Trinajstić information content (AvgIpc) is 2.81. The molecule has 82 valence electrons. The van der Waals surface area contributed by atoms with Crippen molar-refractivity contribution in [1.29, 1.82) is 0 Å². The van der Waals surface area contributed by atoms with Crippen molar-refractivity contribution in [2.24, 2.45) is 0 Å². The molecule has 1 aromatic heterocycles. The first-order valence-electron chi connectivity index (χ1n) is 4.50. The number of hydrogen-bond donors (Lipinski definition) is 0. The molecule has 0 aliphatic rings. The van der Waals surface area contributed by atoms with Crippen molar-refractivity contribution in [3.63, 3.8) is 0 Å². The Labute approximate surface area is 95.5 Å². The molecule has 3 nitrogen and oxygen atoms in total. The van der Waals surface area contributed by atoms with Crippen molar-refractivity contribution in [2.75, 3.05) is 7.11 Å². The van der Waals surface area contributed by atoms with E-state index >= 15 is 0 Å². The first-order valence-corrected chi connectivity index (χ1v) is 5.38. The molecule has 0 saturated carbocycles. The summed E-state index contributed by atoms with van der Waals surface area (Å²) >= 11 is 1.23. The molecule has 0 N–H and O–H groups in total. The Balaban J connectivity index is 2.35. The van der Waals surface area contributed by atoms with E-state index in [1.165, 1.54) is 36.8 Å². The van der Waals surface area contributed by atoms with Gasteiger partial charge >= 0.3 is 0 Å². The fourth-order valence-electron chi connectivity index (χ4n) is 1.27.